The van der Waals surface area contributed by atoms with Crippen LogP contribution >= 0.6 is 11.6 Å². The molecule has 0 saturated heterocycles. The minimum absolute atomic E-state index is 0.106. The first-order valence-electron chi connectivity index (χ1n) is 5.78. The summed E-state index contributed by atoms with van der Waals surface area (Å²) in [5.74, 6) is -3.66. The van der Waals surface area contributed by atoms with Crippen LogP contribution in [0.2, 0.25) is 5.15 Å². The van der Waals surface area contributed by atoms with Gasteiger partial charge in [-0.15, -0.1) is 0 Å². The number of ether oxygens (including phenoxy) is 2. The topological polar surface area (TPSA) is 94.6 Å². The highest BCUT2D eigenvalue weighted by Crippen LogP contribution is 2.25. The van der Waals surface area contributed by atoms with E-state index in [4.69, 9.17) is 11.6 Å². The second-order valence-electron chi connectivity index (χ2n) is 3.67. The van der Waals surface area contributed by atoms with Crippen LogP contribution in [0.15, 0.2) is 6.20 Å². The highest BCUT2D eigenvalue weighted by Gasteiger charge is 2.22. The van der Waals surface area contributed by atoms with Gasteiger partial charge in [-0.3, -0.25) is 9.59 Å². The molecular formula is C12H12ClFN2O5. The predicted molar refractivity (Wildman–Crippen MR) is 70.4 cm³/mol. The normalized spacial score (nSPS) is 9.90. The summed E-state index contributed by atoms with van der Waals surface area (Å²) in [5, 5.41) is 1.55. The molecule has 0 spiro atoms. The van der Waals surface area contributed by atoms with Crippen molar-refractivity contribution in [2.45, 2.75) is 13.3 Å². The molecule has 1 aromatic rings. The van der Waals surface area contributed by atoms with E-state index in [2.05, 4.69) is 19.8 Å². The summed E-state index contributed by atoms with van der Waals surface area (Å²) in [5.41, 5.74) is -0.826. The number of halogens is 2. The van der Waals surface area contributed by atoms with E-state index >= 15 is 0 Å². The molecule has 0 radical (unpaired) electrons. The summed E-state index contributed by atoms with van der Waals surface area (Å²) in [6.45, 7) is 1.68. The molecule has 1 N–H and O–H groups in total. The maximum absolute atomic E-state index is 13.9. The van der Waals surface area contributed by atoms with Gasteiger partial charge in [-0.25, -0.2) is 14.2 Å². The summed E-state index contributed by atoms with van der Waals surface area (Å²) in [6, 6.07) is 0. The summed E-state index contributed by atoms with van der Waals surface area (Å²) in [6.07, 6.45) is 0.324. The lowest BCUT2D eigenvalue weighted by Crippen LogP contribution is -2.21. The standard InChI is InChI=1S/C12H12ClFN2O5/c1-3-21-8(18)4-7(17)16-10-6(12(19)20-2)5-15-11(13)9(10)14/h5H,3-4H2,1-2H3,(H,15,16,17). The van der Waals surface area contributed by atoms with Crippen molar-refractivity contribution in [3.63, 3.8) is 0 Å². The number of hydrogen-bond donors (Lipinski definition) is 1. The zero-order valence-corrected chi connectivity index (χ0v) is 12.0. The summed E-state index contributed by atoms with van der Waals surface area (Å²) < 4.78 is 22.9. The van der Waals surface area contributed by atoms with Crippen LogP contribution in [0.25, 0.3) is 0 Å². The molecule has 9 heteroatoms. The van der Waals surface area contributed by atoms with E-state index in [0.717, 1.165) is 13.3 Å². The molecule has 1 aromatic heterocycles. The molecule has 21 heavy (non-hydrogen) atoms. The van der Waals surface area contributed by atoms with Gasteiger partial charge in [0.05, 0.1) is 19.4 Å². The summed E-state index contributed by atoms with van der Waals surface area (Å²) in [4.78, 5) is 37.7. The van der Waals surface area contributed by atoms with E-state index < -0.39 is 40.9 Å². The van der Waals surface area contributed by atoms with Crippen molar-refractivity contribution in [2.75, 3.05) is 19.0 Å². The van der Waals surface area contributed by atoms with Crippen molar-refractivity contribution < 1.29 is 28.2 Å². The molecule has 0 aliphatic heterocycles. The Kier molecular flexibility index (Phi) is 6.04. The first-order valence-corrected chi connectivity index (χ1v) is 6.16. The number of esters is 2. The summed E-state index contributed by atoms with van der Waals surface area (Å²) in [7, 11) is 1.08. The number of hydrogen-bond acceptors (Lipinski definition) is 6. The van der Waals surface area contributed by atoms with Crippen molar-refractivity contribution in [1.29, 1.82) is 0 Å². The molecule has 1 rings (SSSR count). The van der Waals surface area contributed by atoms with Crippen LogP contribution in [0, 0.1) is 5.82 Å². The molecule has 0 atom stereocenters. The quantitative estimate of drug-likeness (QED) is 0.503. The molecule has 0 fully saturated rings. The number of carbonyl (C=O) groups is 3. The fraction of sp³-hybridized carbons (Fsp3) is 0.333. The van der Waals surface area contributed by atoms with Crippen molar-refractivity contribution in [2.24, 2.45) is 0 Å². The SMILES string of the molecule is CCOC(=O)CC(=O)Nc1c(C(=O)OC)cnc(Cl)c1F. The van der Waals surface area contributed by atoms with Gasteiger partial charge in [0.15, 0.2) is 11.0 Å². The van der Waals surface area contributed by atoms with Crippen molar-refractivity contribution >= 4 is 35.1 Å². The minimum Gasteiger partial charge on any atom is -0.466 e. The third kappa shape index (κ3) is 4.38. The van der Waals surface area contributed by atoms with Crippen LogP contribution in [-0.4, -0.2) is 36.5 Å². The fourth-order valence-corrected chi connectivity index (χ4v) is 1.52. The largest absolute Gasteiger partial charge is 0.466 e. The third-order valence-corrected chi connectivity index (χ3v) is 2.52. The maximum atomic E-state index is 13.9. The van der Waals surface area contributed by atoms with E-state index in [1.807, 2.05) is 0 Å². The molecule has 0 bridgehead atoms. The Hall–Kier alpha value is -2.22. The second kappa shape index (κ2) is 7.53. The summed E-state index contributed by atoms with van der Waals surface area (Å²) >= 11 is 5.49. The van der Waals surface area contributed by atoms with Gasteiger partial charge >= 0.3 is 11.9 Å². The lowest BCUT2D eigenvalue weighted by atomic mass is 10.2. The van der Waals surface area contributed by atoms with Crippen LogP contribution in [0.1, 0.15) is 23.7 Å². The number of methoxy groups -OCH3 is 1. The highest BCUT2D eigenvalue weighted by atomic mass is 35.5. The number of nitrogens with zero attached hydrogens (tertiary/aromatic N) is 1. The van der Waals surface area contributed by atoms with E-state index in [1.54, 1.807) is 6.92 Å². The van der Waals surface area contributed by atoms with E-state index in [9.17, 15) is 18.8 Å². The molecule has 0 aliphatic rings. The lowest BCUT2D eigenvalue weighted by molar-refractivity contribution is -0.145. The van der Waals surface area contributed by atoms with Crippen LogP contribution in [0.3, 0.4) is 0 Å². The molecule has 1 amide bonds. The molecule has 0 saturated carbocycles. The minimum atomic E-state index is -1.10. The first kappa shape index (κ1) is 16.8. The predicted octanol–water partition coefficient (Wildman–Crippen LogP) is 1.55. The number of anilines is 1. The number of pyridine rings is 1. The average Bonchev–Trinajstić information content (AvgIpc) is 2.43. The van der Waals surface area contributed by atoms with Crippen LogP contribution in [-0.2, 0) is 19.1 Å². The lowest BCUT2D eigenvalue weighted by Gasteiger charge is -2.11. The number of amides is 1. The molecule has 0 aromatic carbocycles. The number of carbonyl (C=O) groups excluding carboxylic acids is 3. The highest BCUT2D eigenvalue weighted by molar-refractivity contribution is 6.30. The Labute approximate surface area is 124 Å². The van der Waals surface area contributed by atoms with Gasteiger partial charge in [0.25, 0.3) is 0 Å². The van der Waals surface area contributed by atoms with E-state index in [1.165, 1.54) is 0 Å². The van der Waals surface area contributed by atoms with Gasteiger partial charge < -0.3 is 14.8 Å². The zero-order chi connectivity index (χ0) is 16.0. The molecule has 114 valence electrons. The number of nitrogens with one attached hydrogen (secondary N) is 1. The van der Waals surface area contributed by atoms with E-state index in [-0.39, 0.29) is 12.2 Å². The Morgan fingerprint density at radius 2 is 2.10 bits per heavy atom. The fourth-order valence-electron chi connectivity index (χ4n) is 1.38. The molecular weight excluding hydrogens is 307 g/mol. The Morgan fingerprint density at radius 3 is 2.67 bits per heavy atom. The molecule has 7 nitrogen and oxygen atoms in total. The molecule has 0 unspecified atom stereocenters. The Bertz CT molecular complexity index is 579. The van der Waals surface area contributed by atoms with Gasteiger partial charge in [0.2, 0.25) is 5.91 Å². The van der Waals surface area contributed by atoms with Gasteiger partial charge in [0, 0.05) is 6.20 Å². The van der Waals surface area contributed by atoms with Gasteiger partial charge in [-0.05, 0) is 6.92 Å². The zero-order valence-electron chi connectivity index (χ0n) is 11.2. The first-order chi connectivity index (χ1) is 9.90. The Balaban J connectivity index is 3.00. The maximum Gasteiger partial charge on any atom is 0.341 e. The van der Waals surface area contributed by atoms with E-state index in [0.29, 0.717) is 0 Å². The van der Waals surface area contributed by atoms with Gasteiger partial charge in [0.1, 0.15) is 12.0 Å². The smallest absolute Gasteiger partial charge is 0.341 e. The van der Waals surface area contributed by atoms with Crippen molar-refractivity contribution in [3.8, 4) is 0 Å². The average molecular weight is 319 g/mol. The van der Waals surface area contributed by atoms with Gasteiger partial charge in [-0.2, -0.15) is 0 Å². The van der Waals surface area contributed by atoms with Gasteiger partial charge in [-0.1, -0.05) is 11.6 Å². The Morgan fingerprint density at radius 1 is 1.43 bits per heavy atom. The number of rotatable bonds is 5. The molecule has 1 heterocycles. The van der Waals surface area contributed by atoms with Crippen LogP contribution < -0.4 is 5.32 Å². The monoisotopic (exact) mass is 318 g/mol. The third-order valence-electron chi connectivity index (χ3n) is 2.26. The van der Waals surface area contributed by atoms with Crippen LogP contribution in [0.5, 0.6) is 0 Å². The second-order valence-corrected chi connectivity index (χ2v) is 4.03. The molecule has 0 aliphatic carbocycles. The number of aromatic nitrogens is 1. The van der Waals surface area contributed by atoms with Crippen molar-refractivity contribution in [1.82, 2.24) is 4.98 Å². The van der Waals surface area contributed by atoms with Crippen LogP contribution in [0.4, 0.5) is 10.1 Å². The van der Waals surface area contributed by atoms with Crippen molar-refractivity contribution in [3.05, 3.63) is 22.7 Å².